The van der Waals surface area contributed by atoms with Gasteiger partial charge < -0.3 is 10.1 Å². The van der Waals surface area contributed by atoms with Crippen LogP contribution in [0.25, 0.3) is 0 Å². The van der Waals surface area contributed by atoms with E-state index in [-0.39, 0.29) is 0 Å². The highest BCUT2D eigenvalue weighted by Crippen LogP contribution is 2.19. The van der Waals surface area contributed by atoms with E-state index < -0.39 is 0 Å². The van der Waals surface area contributed by atoms with Crippen LogP contribution in [0.4, 0.5) is 0 Å². The standard InChI is InChI=1S/C13H25NO/c1-3-4-5-6-9-13(14-2)12-8-7-10-15-11-12/h11,13-14H,3-10H2,1-2H3. The van der Waals surface area contributed by atoms with Crippen LogP contribution in [0.15, 0.2) is 11.8 Å². The molecular weight excluding hydrogens is 186 g/mol. The fourth-order valence-corrected chi connectivity index (χ4v) is 2.13. The van der Waals surface area contributed by atoms with Crippen molar-refractivity contribution in [3.8, 4) is 0 Å². The minimum absolute atomic E-state index is 0.544. The molecule has 0 aromatic carbocycles. The summed E-state index contributed by atoms with van der Waals surface area (Å²) in [5.41, 5.74) is 1.46. The summed E-state index contributed by atoms with van der Waals surface area (Å²) < 4.78 is 5.39. The Hall–Kier alpha value is -0.500. The van der Waals surface area contributed by atoms with E-state index >= 15 is 0 Å². The molecule has 0 saturated heterocycles. The molecule has 0 spiro atoms. The third-order valence-electron chi connectivity index (χ3n) is 3.10. The normalized spacial score (nSPS) is 18.1. The van der Waals surface area contributed by atoms with Crippen molar-refractivity contribution in [1.82, 2.24) is 5.32 Å². The van der Waals surface area contributed by atoms with Crippen LogP contribution in [0.2, 0.25) is 0 Å². The van der Waals surface area contributed by atoms with Crippen LogP contribution >= 0.6 is 0 Å². The van der Waals surface area contributed by atoms with Gasteiger partial charge in [0.2, 0.25) is 0 Å². The summed E-state index contributed by atoms with van der Waals surface area (Å²) in [4.78, 5) is 0. The van der Waals surface area contributed by atoms with Crippen molar-refractivity contribution in [3.63, 3.8) is 0 Å². The van der Waals surface area contributed by atoms with E-state index in [2.05, 4.69) is 19.3 Å². The van der Waals surface area contributed by atoms with Crippen molar-refractivity contribution in [2.24, 2.45) is 0 Å². The zero-order chi connectivity index (χ0) is 10.9. The van der Waals surface area contributed by atoms with Gasteiger partial charge in [-0.25, -0.2) is 0 Å². The lowest BCUT2D eigenvalue weighted by Gasteiger charge is -2.22. The Kier molecular flexibility index (Phi) is 6.49. The van der Waals surface area contributed by atoms with Crippen molar-refractivity contribution in [1.29, 1.82) is 0 Å². The Morgan fingerprint density at radius 3 is 2.87 bits per heavy atom. The second-order valence-corrected chi connectivity index (χ2v) is 4.36. The molecule has 0 amide bonds. The highest BCUT2D eigenvalue weighted by molar-refractivity contribution is 5.09. The average Bonchev–Trinajstić information content (AvgIpc) is 2.30. The van der Waals surface area contributed by atoms with Gasteiger partial charge in [0.05, 0.1) is 12.9 Å². The number of hydrogen-bond acceptors (Lipinski definition) is 2. The monoisotopic (exact) mass is 211 g/mol. The molecule has 1 N–H and O–H groups in total. The number of hydrogen-bond donors (Lipinski definition) is 1. The molecule has 2 heteroatoms. The summed E-state index contributed by atoms with van der Waals surface area (Å²) in [6.45, 7) is 3.16. The summed E-state index contributed by atoms with van der Waals surface area (Å²) >= 11 is 0. The lowest BCUT2D eigenvalue weighted by Crippen LogP contribution is -2.28. The summed E-state index contributed by atoms with van der Waals surface area (Å²) in [7, 11) is 2.06. The largest absolute Gasteiger partial charge is 0.501 e. The molecule has 88 valence electrons. The molecule has 1 aliphatic rings. The second kappa shape index (κ2) is 7.75. The van der Waals surface area contributed by atoms with Gasteiger partial charge in [-0.2, -0.15) is 0 Å². The second-order valence-electron chi connectivity index (χ2n) is 4.36. The molecule has 15 heavy (non-hydrogen) atoms. The van der Waals surface area contributed by atoms with Gasteiger partial charge in [0.15, 0.2) is 0 Å². The van der Waals surface area contributed by atoms with Gasteiger partial charge in [0.25, 0.3) is 0 Å². The molecule has 0 aliphatic carbocycles. The molecule has 1 unspecified atom stereocenters. The number of rotatable bonds is 7. The van der Waals surface area contributed by atoms with Crippen molar-refractivity contribution in [2.45, 2.75) is 57.9 Å². The molecule has 2 nitrogen and oxygen atoms in total. The fourth-order valence-electron chi connectivity index (χ4n) is 2.13. The number of ether oxygens (including phenoxy) is 1. The van der Waals surface area contributed by atoms with E-state index in [0.717, 1.165) is 6.61 Å². The van der Waals surface area contributed by atoms with Crippen LogP contribution in [0.3, 0.4) is 0 Å². The molecule has 1 heterocycles. The first-order valence-corrected chi connectivity index (χ1v) is 6.36. The molecule has 0 bridgehead atoms. The maximum atomic E-state index is 5.39. The van der Waals surface area contributed by atoms with E-state index in [1.165, 1.54) is 50.5 Å². The van der Waals surface area contributed by atoms with Gasteiger partial charge in [0.1, 0.15) is 0 Å². The Morgan fingerprint density at radius 1 is 1.40 bits per heavy atom. The highest BCUT2D eigenvalue weighted by Gasteiger charge is 2.14. The zero-order valence-electron chi connectivity index (χ0n) is 10.2. The first kappa shape index (κ1) is 12.6. The van der Waals surface area contributed by atoms with Gasteiger partial charge in [-0.1, -0.05) is 32.6 Å². The number of unbranched alkanes of at least 4 members (excludes halogenated alkanes) is 3. The molecule has 1 rings (SSSR count). The zero-order valence-corrected chi connectivity index (χ0v) is 10.2. The molecule has 0 aromatic rings. The predicted molar refractivity (Wildman–Crippen MR) is 64.9 cm³/mol. The Labute approximate surface area is 94.1 Å². The van der Waals surface area contributed by atoms with Crippen LogP contribution < -0.4 is 5.32 Å². The van der Waals surface area contributed by atoms with Crippen LogP contribution in [-0.4, -0.2) is 19.7 Å². The Bertz CT molecular complexity index is 189. The van der Waals surface area contributed by atoms with Crippen LogP contribution in [0.5, 0.6) is 0 Å². The summed E-state index contributed by atoms with van der Waals surface area (Å²) in [5.74, 6) is 0. The van der Waals surface area contributed by atoms with E-state index in [0.29, 0.717) is 6.04 Å². The van der Waals surface area contributed by atoms with Crippen molar-refractivity contribution in [3.05, 3.63) is 11.8 Å². The fraction of sp³-hybridized carbons (Fsp3) is 0.846. The van der Waals surface area contributed by atoms with Crippen LogP contribution in [0, 0.1) is 0 Å². The quantitative estimate of drug-likeness (QED) is 0.653. The average molecular weight is 211 g/mol. The van der Waals surface area contributed by atoms with Gasteiger partial charge >= 0.3 is 0 Å². The van der Waals surface area contributed by atoms with Crippen molar-refractivity contribution < 1.29 is 4.74 Å². The summed E-state index contributed by atoms with van der Waals surface area (Å²) in [6.07, 6.45) is 11.0. The minimum Gasteiger partial charge on any atom is -0.501 e. The lowest BCUT2D eigenvalue weighted by molar-refractivity contribution is 0.219. The van der Waals surface area contributed by atoms with Gasteiger partial charge in [0, 0.05) is 6.04 Å². The van der Waals surface area contributed by atoms with E-state index in [9.17, 15) is 0 Å². The van der Waals surface area contributed by atoms with Crippen molar-refractivity contribution >= 4 is 0 Å². The molecular formula is C13H25NO. The molecule has 0 fully saturated rings. The van der Waals surface area contributed by atoms with E-state index in [1.807, 2.05) is 6.26 Å². The maximum absolute atomic E-state index is 5.39. The predicted octanol–water partition coefficient (Wildman–Crippen LogP) is 3.24. The van der Waals surface area contributed by atoms with Crippen molar-refractivity contribution in [2.75, 3.05) is 13.7 Å². The van der Waals surface area contributed by atoms with Gasteiger partial charge in [-0.3, -0.25) is 0 Å². The third kappa shape index (κ3) is 4.70. The number of nitrogens with one attached hydrogen (secondary N) is 1. The molecule has 0 radical (unpaired) electrons. The highest BCUT2D eigenvalue weighted by atomic mass is 16.5. The maximum Gasteiger partial charge on any atom is 0.0876 e. The summed E-state index contributed by atoms with van der Waals surface area (Å²) in [5, 5.41) is 3.40. The Morgan fingerprint density at radius 2 is 2.27 bits per heavy atom. The van der Waals surface area contributed by atoms with E-state index in [1.54, 1.807) is 0 Å². The molecule has 1 aliphatic heterocycles. The smallest absolute Gasteiger partial charge is 0.0876 e. The van der Waals surface area contributed by atoms with Crippen LogP contribution in [-0.2, 0) is 4.74 Å². The third-order valence-corrected chi connectivity index (χ3v) is 3.10. The number of likely N-dealkylation sites (N-methyl/N-ethyl adjacent to an activating group) is 1. The molecule has 0 aromatic heterocycles. The first-order chi connectivity index (χ1) is 7.38. The van der Waals surface area contributed by atoms with E-state index in [4.69, 9.17) is 4.74 Å². The Balaban J connectivity index is 2.25. The van der Waals surface area contributed by atoms with Gasteiger partial charge in [-0.15, -0.1) is 0 Å². The summed E-state index contributed by atoms with van der Waals surface area (Å²) in [6, 6.07) is 0.544. The van der Waals surface area contributed by atoms with Crippen LogP contribution in [0.1, 0.15) is 51.9 Å². The minimum atomic E-state index is 0.544. The lowest BCUT2D eigenvalue weighted by atomic mass is 9.97. The molecule has 1 atom stereocenters. The SMILES string of the molecule is CCCCCCC(NC)C1=COCCC1. The first-order valence-electron chi connectivity index (χ1n) is 6.36. The topological polar surface area (TPSA) is 21.3 Å². The van der Waals surface area contributed by atoms with Gasteiger partial charge in [-0.05, 0) is 31.9 Å². The molecule has 0 saturated carbocycles.